The van der Waals surface area contributed by atoms with E-state index in [1.807, 2.05) is 0 Å². The van der Waals surface area contributed by atoms with Crippen LogP contribution in [0, 0.1) is 0 Å². The minimum absolute atomic E-state index is 0.276. The molecular weight excluding hydrogens is 276 g/mol. The molecule has 1 aromatic carbocycles. The molecule has 0 spiro atoms. The number of amides is 2. The van der Waals surface area contributed by atoms with Gasteiger partial charge in [0.15, 0.2) is 0 Å². The summed E-state index contributed by atoms with van der Waals surface area (Å²) in [6.07, 6.45) is 0. The summed E-state index contributed by atoms with van der Waals surface area (Å²) in [5.41, 5.74) is 0.628. The number of carbonyl (C=O) groups excluding carboxylic acids is 2. The van der Waals surface area contributed by atoms with Gasteiger partial charge in [-0.05, 0) is 38.1 Å². The molecule has 6 heteroatoms. The number of ether oxygens (including phenoxy) is 1. The van der Waals surface area contributed by atoms with Crippen molar-refractivity contribution in [3.63, 3.8) is 0 Å². The van der Waals surface area contributed by atoms with E-state index in [1.165, 1.54) is 6.92 Å². The van der Waals surface area contributed by atoms with Crippen LogP contribution in [0.25, 0.3) is 0 Å². The molecule has 0 saturated carbocycles. The Balaban J connectivity index is 2.82. The number of thiol groups is 1. The second-order valence-corrected chi connectivity index (χ2v) is 6.16. The smallest absolute Gasteiger partial charge is 0.248 e. The molecule has 1 rings (SSSR count). The molecule has 0 bridgehead atoms. The highest BCUT2D eigenvalue weighted by atomic mass is 32.1. The first-order valence-corrected chi connectivity index (χ1v) is 6.63. The van der Waals surface area contributed by atoms with E-state index in [9.17, 15) is 9.59 Å². The molecule has 0 fully saturated rings. The molecule has 0 radical (unpaired) electrons. The van der Waals surface area contributed by atoms with Gasteiger partial charge in [0.05, 0.1) is 7.11 Å². The summed E-state index contributed by atoms with van der Waals surface area (Å²) in [6.45, 7) is 4.90. The average Bonchev–Trinajstić information content (AvgIpc) is 2.35. The third-order valence-electron chi connectivity index (χ3n) is 2.67. The summed E-state index contributed by atoms with van der Waals surface area (Å²) >= 11 is 4.37. The Morgan fingerprint density at radius 1 is 1.25 bits per heavy atom. The predicted octanol–water partition coefficient (Wildman–Crippen LogP) is 1.85. The SMILES string of the molecule is COc1ccc(NC(=O)C(NC(C)=O)C(C)(C)S)cc1. The van der Waals surface area contributed by atoms with Gasteiger partial charge in [-0.2, -0.15) is 12.6 Å². The Bertz CT molecular complexity index is 480. The van der Waals surface area contributed by atoms with E-state index in [2.05, 4.69) is 23.3 Å². The molecule has 0 saturated heterocycles. The summed E-state index contributed by atoms with van der Waals surface area (Å²) in [4.78, 5) is 23.4. The van der Waals surface area contributed by atoms with E-state index in [-0.39, 0.29) is 11.8 Å². The normalized spacial score (nSPS) is 12.4. The molecule has 0 heterocycles. The molecule has 2 amide bonds. The van der Waals surface area contributed by atoms with Gasteiger partial charge in [0.1, 0.15) is 11.8 Å². The van der Waals surface area contributed by atoms with Gasteiger partial charge in [-0.3, -0.25) is 9.59 Å². The number of benzene rings is 1. The Morgan fingerprint density at radius 2 is 1.80 bits per heavy atom. The van der Waals surface area contributed by atoms with Gasteiger partial charge in [-0.25, -0.2) is 0 Å². The molecule has 1 atom stereocenters. The number of hydrogen-bond acceptors (Lipinski definition) is 4. The van der Waals surface area contributed by atoms with Crippen molar-refractivity contribution in [1.29, 1.82) is 0 Å². The van der Waals surface area contributed by atoms with Gasteiger partial charge in [0.25, 0.3) is 0 Å². The van der Waals surface area contributed by atoms with E-state index >= 15 is 0 Å². The van der Waals surface area contributed by atoms with Crippen molar-refractivity contribution in [2.45, 2.75) is 31.6 Å². The minimum atomic E-state index is -0.731. The van der Waals surface area contributed by atoms with Crippen LogP contribution in [0.1, 0.15) is 20.8 Å². The molecule has 20 heavy (non-hydrogen) atoms. The summed E-state index contributed by atoms with van der Waals surface area (Å²) in [5.74, 6) is 0.114. The van der Waals surface area contributed by atoms with Crippen LogP contribution in [0.4, 0.5) is 5.69 Å². The van der Waals surface area contributed by atoms with Crippen LogP contribution in [0.2, 0.25) is 0 Å². The van der Waals surface area contributed by atoms with Gasteiger partial charge < -0.3 is 15.4 Å². The van der Waals surface area contributed by atoms with Crippen LogP contribution in [-0.2, 0) is 9.59 Å². The summed E-state index contributed by atoms with van der Waals surface area (Å²) in [6, 6.07) is 6.22. The summed E-state index contributed by atoms with van der Waals surface area (Å²) in [5, 5.41) is 5.36. The lowest BCUT2D eigenvalue weighted by molar-refractivity contribution is -0.125. The quantitative estimate of drug-likeness (QED) is 0.726. The first-order chi connectivity index (χ1) is 9.24. The Kier molecular flexibility index (Phi) is 5.44. The highest BCUT2D eigenvalue weighted by Gasteiger charge is 2.33. The molecule has 0 aromatic heterocycles. The highest BCUT2D eigenvalue weighted by molar-refractivity contribution is 7.81. The van der Waals surface area contributed by atoms with Crippen LogP contribution >= 0.6 is 12.6 Å². The zero-order valence-corrected chi connectivity index (χ0v) is 13.0. The Hall–Kier alpha value is -1.69. The van der Waals surface area contributed by atoms with Crippen molar-refractivity contribution in [2.24, 2.45) is 0 Å². The predicted molar refractivity (Wildman–Crippen MR) is 82.3 cm³/mol. The Morgan fingerprint density at radius 3 is 2.20 bits per heavy atom. The topological polar surface area (TPSA) is 67.4 Å². The Labute approximate surface area is 124 Å². The molecule has 110 valence electrons. The monoisotopic (exact) mass is 296 g/mol. The van der Waals surface area contributed by atoms with Crippen molar-refractivity contribution >= 4 is 30.1 Å². The summed E-state index contributed by atoms with van der Waals surface area (Å²) in [7, 11) is 1.57. The highest BCUT2D eigenvalue weighted by Crippen LogP contribution is 2.20. The van der Waals surface area contributed by atoms with Gasteiger partial charge in [-0.15, -0.1) is 0 Å². The number of methoxy groups -OCH3 is 1. The second-order valence-electron chi connectivity index (χ2n) is 5.00. The second kappa shape index (κ2) is 6.65. The maximum atomic E-state index is 12.2. The molecule has 0 aliphatic carbocycles. The molecule has 0 aliphatic heterocycles. The van der Waals surface area contributed by atoms with E-state index in [0.717, 1.165) is 0 Å². The molecular formula is C14H20N2O3S. The molecule has 1 unspecified atom stereocenters. The van der Waals surface area contributed by atoms with Crippen molar-refractivity contribution in [1.82, 2.24) is 5.32 Å². The van der Waals surface area contributed by atoms with Gasteiger partial charge in [0, 0.05) is 17.4 Å². The van der Waals surface area contributed by atoms with Gasteiger partial charge in [-0.1, -0.05) is 0 Å². The number of carbonyl (C=O) groups is 2. The first-order valence-electron chi connectivity index (χ1n) is 6.18. The zero-order chi connectivity index (χ0) is 15.3. The largest absolute Gasteiger partial charge is 0.497 e. The standard InChI is InChI=1S/C14H20N2O3S/c1-9(17)15-12(14(2,3)20)13(18)16-10-5-7-11(19-4)8-6-10/h5-8,12,20H,1-4H3,(H,15,17)(H,16,18). The lowest BCUT2D eigenvalue weighted by atomic mass is 10.0. The lowest BCUT2D eigenvalue weighted by Crippen LogP contribution is -2.53. The van der Waals surface area contributed by atoms with E-state index < -0.39 is 10.8 Å². The molecule has 5 nitrogen and oxygen atoms in total. The van der Waals surface area contributed by atoms with Gasteiger partial charge in [0.2, 0.25) is 11.8 Å². The third kappa shape index (κ3) is 4.77. The minimum Gasteiger partial charge on any atom is -0.497 e. The fourth-order valence-electron chi connectivity index (χ4n) is 1.66. The van der Waals surface area contributed by atoms with E-state index in [4.69, 9.17) is 4.74 Å². The summed E-state index contributed by atoms with van der Waals surface area (Å²) < 4.78 is 4.37. The molecule has 2 N–H and O–H groups in total. The zero-order valence-electron chi connectivity index (χ0n) is 12.1. The lowest BCUT2D eigenvalue weighted by Gasteiger charge is -2.29. The number of anilines is 1. The van der Waals surface area contributed by atoms with Crippen LogP contribution in [0.15, 0.2) is 24.3 Å². The van der Waals surface area contributed by atoms with Crippen molar-refractivity contribution in [3.8, 4) is 5.75 Å². The van der Waals surface area contributed by atoms with E-state index in [1.54, 1.807) is 45.2 Å². The number of rotatable bonds is 5. The van der Waals surface area contributed by atoms with Crippen molar-refractivity contribution in [2.75, 3.05) is 12.4 Å². The van der Waals surface area contributed by atoms with Crippen LogP contribution in [0.3, 0.4) is 0 Å². The maximum absolute atomic E-state index is 12.2. The van der Waals surface area contributed by atoms with Gasteiger partial charge >= 0.3 is 0 Å². The van der Waals surface area contributed by atoms with Crippen molar-refractivity contribution in [3.05, 3.63) is 24.3 Å². The third-order valence-corrected chi connectivity index (χ3v) is 2.93. The number of hydrogen-bond donors (Lipinski definition) is 3. The molecule has 1 aromatic rings. The first kappa shape index (κ1) is 16.4. The molecule has 0 aliphatic rings. The van der Waals surface area contributed by atoms with E-state index in [0.29, 0.717) is 11.4 Å². The average molecular weight is 296 g/mol. The van der Waals surface area contributed by atoms with Crippen molar-refractivity contribution < 1.29 is 14.3 Å². The fourth-order valence-corrected chi connectivity index (χ4v) is 1.84. The number of nitrogens with one attached hydrogen (secondary N) is 2. The van der Waals surface area contributed by atoms with Crippen LogP contribution in [-0.4, -0.2) is 29.7 Å². The fraction of sp³-hybridized carbons (Fsp3) is 0.429. The van der Waals surface area contributed by atoms with Crippen LogP contribution in [0.5, 0.6) is 5.75 Å². The van der Waals surface area contributed by atoms with Crippen LogP contribution < -0.4 is 15.4 Å². The maximum Gasteiger partial charge on any atom is 0.248 e.